The molecule has 0 saturated carbocycles. The van der Waals surface area contributed by atoms with Crippen molar-refractivity contribution in [2.75, 3.05) is 6.61 Å². The van der Waals surface area contributed by atoms with Gasteiger partial charge in [-0.05, 0) is 31.0 Å². The number of hydrogen-bond acceptors (Lipinski definition) is 2. The summed E-state index contributed by atoms with van der Waals surface area (Å²) in [5.41, 5.74) is 0.942. The third kappa shape index (κ3) is 4.35. The molecule has 0 bridgehead atoms. The van der Waals surface area contributed by atoms with Gasteiger partial charge in [-0.15, -0.1) is 0 Å². The van der Waals surface area contributed by atoms with E-state index in [-0.39, 0.29) is 11.9 Å². The first-order valence-electron chi connectivity index (χ1n) is 4.69. The second-order valence-corrected chi connectivity index (χ2v) is 3.32. The molecule has 1 rings (SSSR count). The van der Waals surface area contributed by atoms with Gasteiger partial charge >= 0.3 is 0 Å². The fraction of sp³-hybridized carbons (Fsp3) is 0.455. The summed E-state index contributed by atoms with van der Waals surface area (Å²) in [5.74, 6) is -0.238. The molecule has 3 heteroatoms. The van der Waals surface area contributed by atoms with Gasteiger partial charge in [0.25, 0.3) is 0 Å². The Hall–Kier alpha value is -0.930. The Bertz CT molecular complexity index is 256. The molecule has 1 aromatic carbocycles. The number of aliphatic hydroxyl groups is 1. The van der Waals surface area contributed by atoms with E-state index in [1.165, 1.54) is 12.1 Å². The Morgan fingerprint density at radius 2 is 2.00 bits per heavy atom. The van der Waals surface area contributed by atoms with Crippen molar-refractivity contribution < 1.29 is 14.2 Å². The average Bonchev–Trinajstić information content (AvgIpc) is 2.15. The lowest BCUT2D eigenvalue weighted by molar-refractivity contribution is 0.0801. The zero-order valence-electron chi connectivity index (χ0n) is 8.24. The summed E-state index contributed by atoms with van der Waals surface area (Å²) in [6.45, 7) is 2.71. The number of benzene rings is 1. The molecule has 0 aliphatic rings. The number of rotatable bonds is 5. The molecule has 0 spiro atoms. The molecule has 0 saturated heterocycles. The summed E-state index contributed by atoms with van der Waals surface area (Å²) in [6.07, 6.45) is 0.296. The van der Waals surface area contributed by atoms with Gasteiger partial charge in [0.1, 0.15) is 5.82 Å². The summed E-state index contributed by atoms with van der Waals surface area (Å²) in [6, 6.07) is 6.20. The second-order valence-electron chi connectivity index (χ2n) is 3.32. The molecule has 2 nitrogen and oxygen atoms in total. The van der Waals surface area contributed by atoms with E-state index in [2.05, 4.69) is 0 Å². The Morgan fingerprint density at radius 3 is 2.57 bits per heavy atom. The van der Waals surface area contributed by atoms with Crippen molar-refractivity contribution in [3.8, 4) is 0 Å². The zero-order chi connectivity index (χ0) is 10.4. The van der Waals surface area contributed by atoms with Crippen LogP contribution < -0.4 is 0 Å². The monoisotopic (exact) mass is 198 g/mol. The van der Waals surface area contributed by atoms with Crippen LogP contribution in [-0.4, -0.2) is 17.8 Å². The van der Waals surface area contributed by atoms with Gasteiger partial charge in [-0.1, -0.05) is 12.1 Å². The van der Waals surface area contributed by atoms with Gasteiger partial charge in [0.2, 0.25) is 0 Å². The molecule has 0 aromatic heterocycles. The number of aliphatic hydroxyl groups excluding tert-OH is 1. The quantitative estimate of drug-likeness (QED) is 0.734. The van der Waals surface area contributed by atoms with E-state index in [4.69, 9.17) is 9.84 Å². The molecule has 0 fully saturated rings. The highest BCUT2D eigenvalue weighted by molar-refractivity contribution is 5.14. The van der Waals surface area contributed by atoms with E-state index < -0.39 is 0 Å². The predicted octanol–water partition coefficient (Wildman–Crippen LogP) is 2.11. The summed E-state index contributed by atoms with van der Waals surface area (Å²) >= 11 is 0. The lowest BCUT2D eigenvalue weighted by Crippen LogP contribution is -2.05. The van der Waals surface area contributed by atoms with Crippen LogP contribution in [0.1, 0.15) is 18.9 Å². The third-order valence-electron chi connectivity index (χ3n) is 1.86. The molecule has 1 atom stereocenters. The molecule has 0 aliphatic heterocycles. The first-order valence-corrected chi connectivity index (χ1v) is 4.69. The maximum atomic E-state index is 12.5. The minimum absolute atomic E-state index is 0.238. The molecule has 0 heterocycles. The van der Waals surface area contributed by atoms with Crippen molar-refractivity contribution in [1.82, 2.24) is 0 Å². The lowest BCUT2D eigenvalue weighted by Gasteiger charge is -2.05. The van der Waals surface area contributed by atoms with E-state index in [1.807, 2.05) is 0 Å². The lowest BCUT2D eigenvalue weighted by atomic mass is 10.2. The highest BCUT2D eigenvalue weighted by atomic mass is 19.1. The van der Waals surface area contributed by atoms with Crippen molar-refractivity contribution in [2.45, 2.75) is 26.1 Å². The third-order valence-corrected chi connectivity index (χ3v) is 1.86. The average molecular weight is 198 g/mol. The summed E-state index contributed by atoms with van der Waals surface area (Å²) in [4.78, 5) is 0. The van der Waals surface area contributed by atoms with Crippen LogP contribution in [0.2, 0.25) is 0 Å². The van der Waals surface area contributed by atoms with Crippen LogP contribution in [0.3, 0.4) is 0 Å². The SMILES string of the molecule is CC(O)CCOCc1ccc(F)cc1. The summed E-state index contributed by atoms with van der Waals surface area (Å²) < 4.78 is 17.8. The van der Waals surface area contributed by atoms with Gasteiger partial charge in [-0.3, -0.25) is 0 Å². The highest BCUT2D eigenvalue weighted by Crippen LogP contribution is 2.04. The zero-order valence-corrected chi connectivity index (χ0v) is 8.24. The van der Waals surface area contributed by atoms with Crippen LogP contribution in [0, 0.1) is 5.82 Å². The van der Waals surface area contributed by atoms with Gasteiger partial charge in [0.05, 0.1) is 12.7 Å². The van der Waals surface area contributed by atoms with Crippen LogP contribution >= 0.6 is 0 Å². The van der Waals surface area contributed by atoms with E-state index in [1.54, 1.807) is 19.1 Å². The number of ether oxygens (including phenoxy) is 1. The Balaban J connectivity index is 2.21. The van der Waals surface area contributed by atoms with Gasteiger partial charge in [0, 0.05) is 6.61 Å². The van der Waals surface area contributed by atoms with Crippen LogP contribution in [0.5, 0.6) is 0 Å². The maximum Gasteiger partial charge on any atom is 0.123 e. The van der Waals surface area contributed by atoms with Crippen LogP contribution in [0.25, 0.3) is 0 Å². The van der Waals surface area contributed by atoms with Crippen molar-refractivity contribution in [1.29, 1.82) is 0 Å². The first kappa shape index (κ1) is 11.1. The predicted molar refractivity (Wildman–Crippen MR) is 52.4 cm³/mol. The smallest absolute Gasteiger partial charge is 0.123 e. The molecular weight excluding hydrogens is 183 g/mol. The fourth-order valence-corrected chi connectivity index (χ4v) is 1.02. The van der Waals surface area contributed by atoms with Crippen LogP contribution in [-0.2, 0) is 11.3 Å². The van der Waals surface area contributed by atoms with E-state index in [0.717, 1.165) is 5.56 Å². The molecule has 14 heavy (non-hydrogen) atoms. The molecule has 1 aromatic rings. The molecular formula is C11H15FO2. The summed E-state index contributed by atoms with van der Waals surface area (Å²) in [5, 5.41) is 8.96. The minimum Gasteiger partial charge on any atom is -0.393 e. The van der Waals surface area contributed by atoms with E-state index in [0.29, 0.717) is 19.6 Å². The normalized spacial score (nSPS) is 12.8. The molecule has 0 radical (unpaired) electrons. The van der Waals surface area contributed by atoms with Gasteiger partial charge in [-0.25, -0.2) is 4.39 Å². The maximum absolute atomic E-state index is 12.5. The fourth-order valence-electron chi connectivity index (χ4n) is 1.02. The molecule has 1 unspecified atom stereocenters. The van der Waals surface area contributed by atoms with E-state index >= 15 is 0 Å². The van der Waals surface area contributed by atoms with Gasteiger partial charge in [-0.2, -0.15) is 0 Å². The second kappa shape index (κ2) is 5.73. The Kier molecular flexibility index (Phi) is 4.56. The number of hydrogen-bond donors (Lipinski definition) is 1. The van der Waals surface area contributed by atoms with Crippen LogP contribution in [0.15, 0.2) is 24.3 Å². The topological polar surface area (TPSA) is 29.5 Å². The number of halogens is 1. The van der Waals surface area contributed by atoms with Crippen molar-refractivity contribution in [3.63, 3.8) is 0 Å². The molecule has 0 aliphatic carbocycles. The van der Waals surface area contributed by atoms with Crippen molar-refractivity contribution in [2.24, 2.45) is 0 Å². The van der Waals surface area contributed by atoms with Crippen LogP contribution in [0.4, 0.5) is 4.39 Å². The molecule has 1 N–H and O–H groups in total. The van der Waals surface area contributed by atoms with Crippen molar-refractivity contribution >= 4 is 0 Å². The standard InChI is InChI=1S/C11H15FO2/c1-9(13)6-7-14-8-10-2-4-11(12)5-3-10/h2-5,9,13H,6-8H2,1H3. The van der Waals surface area contributed by atoms with E-state index in [9.17, 15) is 4.39 Å². The first-order chi connectivity index (χ1) is 6.68. The summed E-state index contributed by atoms with van der Waals surface area (Å²) in [7, 11) is 0. The highest BCUT2D eigenvalue weighted by Gasteiger charge is 1.97. The molecule has 78 valence electrons. The van der Waals surface area contributed by atoms with Gasteiger partial charge in [0.15, 0.2) is 0 Å². The largest absolute Gasteiger partial charge is 0.393 e. The Labute approximate surface area is 83.3 Å². The van der Waals surface area contributed by atoms with Crippen molar-refractivity contribution in [3.05, 3.63) is 35.6 Å². The molecule has 0 amide bonds. The van der Waals surface area contributed by atoms with Gasteiger partial charge < -0.3 is 9.84 Å². The Morgan fingerprint density at radius 1 is 1.36 bits per heavy atom. The minimum atomic E-state index is -0.330.